The van der Waals surface area contributed by atoms with Crippen molar-refractivity contribution in [3.63, 3.8) is 0 Å². The van der Waals surface area contributed by atoms with Gasteiger partial charge < -0.3 is 5.73 Å². The predicted octanol–water partition coefficient (Wildman–Crippen LogP) is 6.61. The molecule has 2 aliphatic carbocycles. The summed E-state index contributed by atoms with van der Waals surface area (Å²) >= 11 is 0. The van der Waals surface area contributed by atoms with Crippen LogP contribution in [0.5, 0.6) is 0 Å². The van der Waals surface area contributed by atoms with Crippen LogP contribution < -0.4 is 5.73 Å². The fraction of sp³-hybridized carbons (Fsp3) is 0.483. The van der Waals surface area contributed by atoms with Crippen molar-refractivity contribution in [2.24, 2.45) is 23.5 Å². The summed E-state index contributed by atoms with van der Waals surface area (Å²) in [6.45, 7) is 17.5. The van der Waals surface area contributed by atoms with E-state index in [1.54, 1.807) is 0 Å². The molecule has 0 radical (unpaired) electrons. The minimum absolute atomic E-state index is 0.0371. The van der Waals surface area contributed by atoms with Gasteiger partial charge in [-0.1, -0.05) is 67.5 Å². The Morgan fingerprint density at radius 2 is 1.97 bits per heavy atom. The van der Waals surface area contributed by atoms with Gasteiger partial charge in [-0.15, -0.1) is 6.58 Å². The van der Waals surface area contributed by atoms with Gasteiger partial charge in [0, 0.05) is 11.8 Å². The van der Waals surface area contributed by atoms with Crippen molar-refractivity contribution in [1.29, 1.82) is 0 Å². The lowest BCUT2D eigenvalue weighted by atomic mass is 9.79. The Labute approximate surface area is 189 Å². The van der Waals surface area contributed by atoms with Crippen molar-refractivity contribution < 1.29 is 4.79 Å². The number of benzene rings is 1. The highest BCUT2D eigenvalue weighted by Gasteiger charge is 2.45. The second kappa shape index (κ2) is 9.96. The minimum Gasteiger partial charge on any atom is -0.330 e. The number of hydrogen-bond donors (Lipinski definition) is 1. The largest absolute Gasteiger partial charge is 0.330 e. The number of nitrogens with two attached hydrogens (primary N) is 1. The van der Waals surface area contributed by atoms with Gasteiger partial charge in [-0.05, 0) is 86.6 Å². The first kappa shape index (κ1) is 23.5. The van der Waals surface area contributed by atoms with Gasteiger partial charge in [-0.3, -0.25) is 4.79 Å². The van der Waals surface area contributed by atoms with Crippen molar-refractivity contribution in [3.05, 3.63) is 82.5 Å². The van der Waals surface area contributed by atoms with Crippen LogP contribution in [0.4, 0.5) is 0 Å². The van der Waals surface area contributed by atoms with Gasteiger partial charge in [0.05, 0.1) is 0 Å². The summed E-state index contributed by atoms with van der Waals surface area (Å²) in [6.07, 6.45) is 8.96. The Balaban J connectivity index is 1.89. The standard InChI is InChI=1S/C29H39NO/c1-18(2)7-9-21(6)22-10-12-25-27(16-22)26(13-14-30)29(31)28(25)17-23-15-20(5)8-11-24(23)19(3)4/h8,10-11,15-16,19,25-26,28H,1,6-7,9,12-14,17,30H2,2-5H3. The third-order valence-corrected chi connectivity index (χ3v) is 7.02. The fourth-order valence-corrected chi connectivity index (χ4v) is 5.30. The third kappa shape index (κ3) is 5.18. The van der Waals surface area contributed by atoms with E-state index in [9.17, 15) is 4.79 Å². The van der Waals surface area contributed by atoms with Crippen LogP contribution >= 0.6 is 0 Å². The number of carbonyl (C=O) groups excluding carboxylic acids is 1. The lowest BCUT2D eigenvalue weighted by Gasteiger charge is -2.25. The Kier molecular flexibility index (Phi) is 7.54. The van der Waals surface area contributed by atoms with Crippen LogP contribution in [0.15, 0.2) is 65.8 Å². The lowest BCUT2D eigenvalue weighted by molar-refractivity contribution is -0.124. The van der Waals surface area contributed by atoms with Crippen LogP contribution in [0, 0.1) is 24.7 Å². The first-order chi connectivity index (χ1) is 14.7. The van der Waals surface area contributed by atoms with Crippen molar-refractivity contribution >= 4 is 5.78 Å². The molecule has 1 fully saturated rings. The Bertz CT molecular complexity index is 930. The number of carbonyl (C=O) groups is 1. The minimum atomic E-state index is -0.0371. The first-order valence-corrected chi connectivity index (χ1v) is 11.8. The number of rotatable bonds is 9. The van der Waals surface area contributed by atoms with Crippen molar-refractivity contribution in [2.75, 3.05) is 6.54 Å². The summed E-state index contributed by atoms with van der Waals surface area (Å²) in [7, 11) is 0. The molecule has 0 spiro atoms. The quantitative estimate of drug-likeness (QED) is 0.459. The summed E-state index contributed by atoms with van der Waals surface area (Å²) < 4.78 is 0. The van der Waals surface area contributed by atoms with Crippen LogP contribution in [0.1, 0.15) is 69.1 Å². The Hall–Kier alpha value is -2.19. The van der Waals surface area contributed by atoms with Gasteiger partial charge >= 0.3 is 0 Å². The van der Waals surface area contributed by atoms with E-state index in [0.717, 1.165) is 37.7 Å². The van der Waals surface area contributed by atoms with Gasteiger partial charge in [-0.25, -0.2) is 0 Å². The molecule has 166 valence electrons. The molecule has 2 heteroatoms. The highest BCUT2D eigenvalue weighted by molar-refractivity contribution is 5.91. The molecular formula is C29H39NO. The summed E-state index contributed by atoms with van der Waals surface area (Å²) in [6, 6.07) is 6.71. The monoisotopic (exact) mass is 417 g/mol. The average Bonchev–Trinajstić information content (AvgIpc) is 2.97. The van der Waals surface area contributed by atoms with Crippen LogP contribution in [0.2, 0.25) is 0 Å². The van der Waals surface area contributed by atoms with Crippen molar-refractivity contribution in [3.8, 4) is 0 Å². The van der Waals surface area contributed by atoms with E-state index < -0.39 is 0 Å². The summed E-state index contributed by atoms with van der Waals surface area (Å²) in [5.74, 6) is 1.15. The lowest BCUT2D eigenvalue weighted by Crippen LogP contribution is -2.21. The molecule has 3 rings (SSSR count). The second-order valence-electron chi connectivity index (χ2n) is 9.91. The second-order valence-corrected chi connectivity index (χ2v) is 9.91. The van der Waals surface area contributed by atoms with Crippen molar-refractivity contribution in [2.45, 2.75) is 65.7 Å². The van der Waals surface area contributed by atoms with E-state index in [1.165, 1.54) is 33.4 Å². The maximum atomic E-state index is 13.6. The zero-order chi connectivity index (χ0) is 22.7. The van der Waals surface area contributed by atoms with Gasteiger partial charge in [0.15, 0.2) is 0 Å². The number of ketones is 1. The molecular weight excluding hydrogens is 378 g/mol. The number of Topliss-reactive ketones (excluding diaryl/α,β-unsaturated/α-hetero) is 1. The Morgan fingerprint density at radius 1 is 1.23 bits per heavy atom. The van der Waals surface area contributed by atoms with Gasteiger partial charge in [0.1, 0.15) is 5.78 Å². The highest BCUT2D eigenvalue weighted by Crippen LogP contribution is 2.47. The van der Waals surface area contributed by atoms with Gasteiger partial charge in [0.2, 0.25) is 0 Å². The molecule has 2 nitrogen and oxygen atoms in total. The molecule has 0 saturated heterocycles. The molecule has 1 aromatic carbocycles. The summed E-state index contributed by atoms with van der Waals surface area (Å²) in [5.41, 5.74) is 14.7. The SMILES string of the molecule is C=C(C)CCC(=C)C1=CCC2C(=C1)C(CCN)C(=O)C2Cc1cc(C)ccc1C(C)C. The van der Waals surface area contributed by atoms with Crippen LogP contribution in [0.25, 0.3) is 0 Å². The first-order valence-electron chi connectivity index (χ1n) is 11.8. The number of hydrogen-bond acceptors (Lipinski definition) is 2. The summed E-state index contributed by atoms with van der Waals surface area (Å²) in [5, 5.41) is 0. The smallest absolute Gasteiger partial charge is 0.144 e. The molecule has 0 heterocycles. The maximum absolute atomic E-state index is 13.6. The Morgan fingerprint density at radius 3 is 2.61 bits per heavy atom. The topological polar surface area (TPSA) is 43.1 Å². The fourth-order valence-electron chi connectivity index (χ4n) is 5.30. The molecule has 0 bridgehead atoms. The molecule has 0 aliphatic heterocycles. The van der Waals surface area contributed by atoms with E-state index in [4.69, 9.17) is 5.73 Å². The zero-order valence-electron chi connectivity index (χ0n) is 19.8. The van der Waals surface area contributed by atoms with E-state index >= 15 is 0 Å². The van der Waals surface area contributed by atoms with Crippen LogP contribution in [-0.4, -0.2) is 12.3 Å². The third-order valence-electron chi connectivity index (χ3n) is 7.02. The number of fused-ring (bicyclic) bond motifs is 1. The van der Waals surface area contributed by atoms with Gasteiger partial charge in [0.25, 0.3) is 0 Å². The number of allylic oxidation sites excluding steroid dienone is 6. The maximum Gasteiger partial charge on any atom is 0.144 e. The molecule has 0 amide bonds. The molecule has 3 unspecified atom stereocenters. The van der Waals surface area contributed by atoms with E-state index in [2.05, 4.69) is 71.2 Å². The molecule has 3 atom stereocenters. The molecule has 31 heavy (non-hydrogen) atoms. The van der Waals surface area contributed by atoms with E-state index in [-0.39, 0.29) is 11.8 Å². The zero-order valence-corrected chi connectivity index (χ0v) is 19.8. The van der Waals surface area contributed by atoms with Crippen LogP contribution in [0.3, 0.4) is 0 Å². The van der Waals surface area contributed by atoms with Crippen LogP contribution in [-0.2, 0) is 11.2 Å². The van der Waals surface area contributed by atoms with Crippen molar-refractivity contribution in [1.82, 2.24) is 0 Å². The normalized spacial score (nSPS) is 22.9. The molecule has 1 aromatic rings. The number of aryl methyl sites for hydroxylation is 1. The van der Waals surface area contributed by atoms with E-state index in [0.29, 0.717) is 24.2 Å². The summed E-state index contributed by atoms with van der Waals surface area (Å²) in [4.78, 5) is 13.6. The molecule has 1 saturated carbocycles. The molecule has 2 N–H and O–H groups in total. The average molecular weight is 418 g/mol. The van der Waals surface area contributed by atoms with E-state index in [1.807, 2.05) is 0 Å². The van der Waals surface area contributed by atoms with Gasteiger partial charge in [-0.2, -0.15) is 0 Å². The molecule has 0 aromatic heterocycles. The predicted molar refractivity (Wildman–Crippen MR) is 132 cm³/mol. The molecule has 2 aliphatic rings. The highest BCUT2D eigenvalue weighted by atomic mass is 16.1.